The molecule has 39 heavy (non-hydrogen) atoms. The standard InChI is InChI=1S/C25H21F4N5O4S/c1-13-10-17(24(12-30)8-5-9-24)20(26)32-22(13)38-23-18(14(2)19(33-34-23)25(27,28)29)21(35)31-15-6-4-7-16(11-15)39(3,36)37/h4,6-7,10-11H,5,8-9H2,1-3H3,(H,31,35). The topological polar surface area (TPSA) is 135 Å². The van der Waals surface area contributed by atoms with Crippen molar-refractivity contribution < 1.29 is 35.5 Å². The summed E-state index contributed by atoms with van der Waals surface area (Å²) >= 11 is 0. The second kappa shape index (κ2) is 9.88. The second-order valence-corrected chi connectivity index (χ2v) is 11.2. The lowest BCUT2D eigenvalue weighted by atomic mass is 9.65. The number of rotatable bonds is 6. The van der Waals surface area contributed by atoms with Crippen LogP contribution in [0.2, 0.25) is 0 Å². The molecule has 9 nitrogen and oxygen atoms in total. The molecule has 3 aromatic rings. The zero-order chi connectivity index (χ0) is 28.8. The van der Waals surface area contributed by atoms with Crippen LogP contribution in [0.1, 0.15) is 52.0 Å². The van der Waals surface area contributed by atoms with Crippen molar-refractivity contribution in [1.82, 2.24) is 15.2 Å². The molecule has 1 fully saturated rings. The molecule has 0 saturated heterocycles. The molecule has 0 radical (unpaired) electrons. The van der Waals surface area contributed by atoms with E-state index in [1.165, 1.54) is 31.2 Å². The van der Waals surface area contributed by atoms with Crippen LogP contribution in [0.4, 0.5) is 23.2 Å². The third-order valence-electron chi connectivity index (χ3n) is 6.45. The third kappa shape index (κ3) is 5.40. The lowest BCUT2D eigenvalue weighted by molar-refractivity contribution is -0.142. The summed E-state index contributed by atoms with van der Waals surface area (Å²) in [5, 5.41) is 18.5. The number of benzene rings is 1. The van der Waals surface area contributed by atoms with E-state index in [-0.39, 0.29) is 27.6 Å². The fourth-order valence-corrected chi connectivity index (χ4v) is 4.85. The Bertz CT molecular complexity index is 1630. The number of aryl methyl sites for hydroxylation is 1. The highest BCUT2D eigenvalue weighted by atomic mass is 32.2. The number of nitrogens with one attached hydrogen (secondary N) is 1. The first kappa shape index (κ1) is 27.9. The number of carbonyl (C=O) groups is 1. The highest BCUT2D eigenvalue weighted by molar-refractivity contribution is 7.90. The largest absolute Gasteiger partial charge is 0.435 e. The minimum atomic E-state index is -4.96. The van der Waals surface area contributed by atoms with E-state index in [4.69, 9.17) is 4.74 Å². The van der Waals surface area contributed by atoms with E-state index in [0.29, 0.717) is 12.8 Å². The first-order valence-corrected chi connectivity index (χ1v) is 13.4. The normalized spacial score (nSPS) is 14.7. The second-order valence-electron chi connectivity index (χ2n) is 9.20. The lowest BCUT2D eigenvalue weighted by Crippen LogP contribution is -2.33. The molecule has 4 rings (SSSR count). The summed E-state index contributed by atoms with van der Waals surface area (Å²) in [6, 6.07) is 8.59. The molecule has 204 valence electrons. The van der Waals surface area contributed by atoms with E-state index in [2.05, 4.69) is 26.6 Å². The Morgan fingerprint density at radius 3 is 2.41 bits per heavy atom. The molecule has 0 aliphatic heterocycles. The molecule has 2 aromatic heterocycles. The van der Waals surface area contributed by atoms with Crippen molar-refractivity contribution in [1.29, 1.82) is 5.26 Å². The van der Waals surface area contributed by atoms with Crippen LogP contribution in [0.25, 0.3) is 0 Å². The van der Waals surface area contributed by atoms with Gasteiger partial charge in [-0.2, -0.15) is 27.8 Å². The Morgan fingerprint density at radius 2 is 1.85 bits per heavy atom. The highest BCUT2D eigenvalue weighted by Crippen LogP contribution is 2.45. The van der Waals surface area contributed by atoms with Gasteiger partial charge < -0.3 is 10.1 Å². The van der Waals surface area contributed by atoms with E-state index in [0.717, 1.165) is 25.7 Å². The fourth-order valence-electron chi connectivity index (χ4n) is 4.18. The van der Waals surface area contributed by atoms with Crippen molar-refractivity contribution in [3.05, 3.63) is 64.2 Å². The number of anilines is 1. The van der Waals surface area contributed by atoms with Gasteiger partial charge in [-0.3, -0.25) is 4.79 Å². The number of ether oxygens (including phenoxy) is 1. The molecule has 1 aliphatic carbocycles. The van der Waals surface area contributed by atoms with E-state index in [1.54, 1.807) is 0 Å². The minimum absolute atomic E-state index is 0.0225. The Kier molecular flexibility index (Phi) is 7.07. The average molecular weight is 564 g/mol. The van der Waals surface area contributed by atoms with Gasteiger partial charge in [-0.15, -0.1) is 10.2 Å². The Labute approximate surface area is 220 Å². The quantitative estimate of drug-likeness (QED) is 0.326. The van der Waals surface area contributed by atoms with Crippen molar-refractivity contribution >= 4 is 21.4 Å². The van der Waals surface area contributed by atoms with Gasteiger partial charge in [-0.05, 0) is 62.9 Å². The molecule has 0 atom stereocenters. The summed E-state index contributed by atoms with van der Waals surface area (Å²) in [5.74, 6) is -3.16. The molecule has 1 N–H and O–H groups in total. The van der Waals surface area contributed by atoms with Crippen LogP contribution in [-0.2, 0) is 21.4 Å². The molecular formula is C25H21F4N5O4S. The van der Waals surface area contributed by atoms with Crippen molar-refractivity contribution in [2.24, 2.45) is 0 Å². The molecule has 0 bridgehead atoms. The van der Waals surface area contributed by atoms with Crippen LogP contribution < -0.4 is 10.1 Å². The number of carbonyl (C=O) groups excluding carboxylic acids is 1. The van der Waals surface area contributed by atoms with Crippen LogP contribution in [0.3, 0.4) is 0 Å². The van der Waals surface area contributed by atoms with Gasteiger partial charge in [0.1, 0.15) is 5.56 Å². The van der Waals surface area contributed by atoms with E-state index in [1.807, 2.05) is 0 Å². The van der Waals surface area contributed by atoms with Crippen molar-refractivity contribution in [3.8, 4) is 17.8 Å². The number of alkyl halides is 3. The summed E-state index contributed by atoms with van der Waals surface area (Å²) < 4.78 is 84.9. The molecular weight excluding hydrogens is 542 g/mol. The predicted molar refractivity (Wildman–Crippen MR) is 129 cm³/mol. The van der Waals surface area contributed by atoms with Gasteiger partial charge in [0.2, 0.25) is 11.8 Å². The summed E-state index contributed by atoms with van der Waals surface area (Å²) in [6.07, 6.45) is -2.35. The number of hydrogen-bond donors (Lipinski definition) is 1. The zero-order valence-electron chi connectivity index (χ0n) is 20.9. The smallest absolute Gasteiger partial charge is 0.418 e. The van der Waals surface area contributed by atoms with Crippen LogP contribution in [0.15, 0.2) is 35.2 Å². The molecule has 14 heteroatoms. The van der Waals surface area contributed by atoms with Gasteiger partial charge in [-0.1, -0.05) is 6.07 Å². The molecule has 2 heterocycles. The van der Waals surface area contributed by atoms with Gasteiger partial charge in [0.05, 0.1) is 16.4 Å². The van der Waals surface area contributed by atoms with Crippen LogP contribution in [-0.4, -0.2) is 35.8 Å². The van der Waals surface area contributed by atoms with E-state index in [9.17, 15) is 36.0 Å². The minimum Gasteiger partial charge on any atom is -0.418 e. The van der Waals surface area contributed by atoms with E-state index >= 15 is 0 Å². The third-order valence-corrected chi connectivity index (χ3v) is 7.56. The Morgan fingerprint density at radius 1 is 1.15 bits per heavy atom. The molecule has 1 aromatic carbocycles. The molecule has 1 saturated carbocycles. The SMILES string of the molecule is Cc1cc(C2(C#N)CCC2)c(F)nc1Oc1nnc(C(F)(F)F)c(C)c1C(=O)Nc1cccc(S(C)(=O)=O)c1. The number of nitriles is 1. The first-order valence-electron chi connectivity index (χ1n) is 11.5. The zero-order valence-corrected chi connectivity index (χ0v) is 21.7. The van der Waals surface area contributed by atoms with Crippen molar-refractivity contribution in [2.75, 3.05) is 11.6 Å². The molecule has 1 aliphatic rings. The van der Waals surface area contributed by atoms with Crippen molar-refractivity contribution in [3.63, 3.8) is 0 Å². The number of pyridine rings is 1. The number of hydrogen-bond acceptors (Lipinski definition) is 8. The van der Waals surface area contributed by atoms with Crippen LogP contribution in [0, 0.1) is 31.1 Å². The predicted octanol–water partition coefficient (Wildman–Crippen LogP) is 5.04. The van der Waals surface area contributed by atoms with Crippen molar-refractivity contribution in [2.45, 2.75) is 49.6 Å². The van der Waals surface area contributed by atoms with Gasteiger partial charge >= 0.3 is 6.18 Å². The maximum Gasteiger partial charge on any atom is 0.435 e. The van der Waals surface area contributed by atoms with Gasteiger partial charge in [0, 0.05) is 23.1 Å². The number of nitrogens with zero attached hydrogens (tertiary/aromatic N) is 4. The van der Waals surface area contributed by atoms with Gasteiger partial charge in [-0.25, -0.2) is 8.42 Å². The maximum absolute atomic E-state index is 15.0. The van der Waals surface area contributed by atoms with Crippen LogP contribution in [0.5, 0.6) is 11.8 Å². The first-order chi connectivity index (χ1) is 18.2. The Balaban J connectivity index is 1.76. The summed E-state index contributed by atoms with van der Waals surface area (Å²) in [4.78, 5) is 16.8. The number of sulfone groups is 1. The summed E-state index contributed by atoms with van der Waals surface area (Å²) in [6.45, 7) is 2.49. The number of halogens is 4. The molecule has 0 spiro atoms. The molecule has 0 unspecified atom stereocenters. The average Bonchev–Trinajstić information content (AvgIpc) is 2.80. The van der Waals surface area contributed by atoms with E-state index < -0.39 is 56.0 Å². The summed E-state index contributed by atoms with van der Waals surface area (Å²) in [5.41, 5.74) is -3.45. The monoisotopic (exact) mass is 563 g/mol. The summed E-state index contributed by atoms with van der Waals surface area (Å²) in [7, 11) is -3.64. The van der Waals surface area contributed by atoms with Gasteiger partial charge in [0.15, 0.2) is 15.5 Å². The van der Waals surface area contributed by atoms with Gasteiger partial charge in [0.25, 0.3) is 11.8 Å². The highest BCUT2D eigenvalue weighted by Gasteiger charge is 2.42. The lowest BCUT2D eigenvalue weighted by Gasteiger charge is -2.35. The van der Waals surface area contributed by atoms with Crippen LogP contribution >= 0.6 is 0 Å². The number of amides is 1. The fraction of sp³-hybridized carbons (Fsp3) is 0.320. The maximum atomic E-state index is 15.0. The number of aromatic nitrogens is 3. The molecule has 1 amide bonds. The Hall–Kier alpha value is -4.12.